The third kappa shape index (κ3) is 2.49. The summed E-state index contributed by atoms with van der Waals surface area (Å²) in [4.78, 5) is 16.7. The zero-order valence-corrected chi connectivity index (χ0v) is 11.4. The van der Waals surface area contributed by atoms with Crippen LogP contribution < -0.4 is 5.73 Å². The lowest BCUT2D eigenvalue weighted by Gasteiger charge is -2.05. The second-order valence-electron chi connectivity index (χ2n) is 4.24. The first kappa shape index (κ1) is 12.9. The van der Waals surface area contributed by atoms with Crippen LogP contribution in [-0.4, -0.2) is 17.3 Å². The van der Waals surface area contributed by atoms with Crippen LogP contribution in [0.2, 0.25) is 0 Å². The Labute approximate surface area is 111 Å². The summed E-state index contributed by atoms with van der Waals surface area (Å²) >= 11 is 1.50. The van der Waals surface area contributed by atoms with Gasteiger partial charge in [-0.3, -0.25) is 4.79 Å². The van der Waals surface area contributed by atoms with Crippen molar-refractivity contribution in [2.45, 2.75) is 20.3 Å². The van der Waals surface area contributed by atoms with Crippen LogP contribution in [0, 0.1) is 13.8 Å². The number of ketones is 1. The summed E-state index contributed by atoms with van der Waals surface area (Å²) in [5, 5.41) is 2.74. The minimum Gasteiger partial charge on any atom is -0.330 e. The summed E-state index contributed by atoms with van der Waals surface area (Å²) in [6.45, 7) is 4.54. The molecule has 0 radical (unpaired) electrons. The van der Waals surface area contributed by atoms with Crippen molar-refractivity contribution in [3.8, 4) is 0 Å². The lowest BCUT2D eigenvalue weighted by Crippen LogP contribution is -2.06. The number of nitrogens with zero attached hydrogens (tertiary/aromatic N) is 1. The molecule has 0 bridgehead atoms. The first-order valence-corrected chi connectivity index (χ1v) is 6.77. The van der Waals surface area contributed by atoms with Crippen LogP contribution in [0.1, 0.15) is 32.2 Å². The molecule has 0 saturated carbocycles. The van der Waals surface area contributed by atoms with E-state index in [4.69, 9.17) is 5.73 Å². The molecule has 1 aromatic heterocycles. The van der Waals surface area contributed by atoms with Gasteiger partial charge in [0.15, 0.2) is 0 Å². The SMILES string of the molecule is Cc1cccc(C(=O)c2csc(CCN)n2)c1C. The number of aromatic nitrogens is 1. The summed E-state index contributed by atoms with van der Waals surface area (Å²) in [6.07, 6.45) is 0.727. The Kier molecular flexibility index (Phi) is 3.89. The molecule has 2 rings (SSSR count). The van der Waals surface area contributed by atoms with Crippen LogP contribution in [0.15, 0.2) is 23.6 Å². The second kappa shape index (κ2) is 5.42. The Morgan fingerprint density at radius 1 is 1.39 bits per heavy atom. The van der Waals surface area contributed by atoms with Gasteiger partial charge in [-0.25, -0.2) is 4.98 Å². The molecule has 0 fully saturated rings. The molecule has 1 heterocycles. The highest BCUT2D eigenvalue weighted by atomic mass is 32.1. The molecule has 4 heteroatoms. The maximum atomic E-state index is 12.3. The molecule has 0 aliphatic carbocycles. The zero-order valence-electron chi connectivity index (χ0n) is 10.6. The largest absolute Gasteiger partial charge is 0.330 e. The number of benzene rings is 1. The van der Waals surface area contributed by atoms with Crippen molar-refractivity contribution in [1.82, 2.24) is 4.98 Å². The van der Waals surface area contributed by atoms with Gasteiger partial charge in [0.2, 0.25) is 5.78 Å². The van der Waals surface area contributed by atoms with E-state index in [1.165, 1.54) is 11.3 Å². The minimum absolute atomic E-state index is 0.00396. The van der Waals surface area contributed by atoms with Gasteiger partial charge < -0.3 is 5.73 Å². The van der Waals surface area contributed by atoms with E-state index in [-0.39, 0.29) is 5.78 Å². The lowest BCUT2D eigenvalue weighted by molar-refractivity contribution is 0.103. The fraction of sp³-hybridized carbons (Fsp3) is 0.286. The average Bonchev–Trinajstić information content (AvgIpc) is 2.81. The van der Waals surface area contributed by atoms with Crippen LogP contribution in [0.3, 0.4) is 0 Å². The number of carbonyl (C=O) groups is 1. The molecule has 0 aliphatic rings. The van der Waals surface area contributed by atoms with Crippen LogP contribution in [0.5, 0.6) is 0 Å². The number of hydrogen-bond acceptors (Lipinski definition) is 4. The van der Waals surface area contributed by atoms with E-state index in [0.717, 1.165) is 28.1 Å². The van der Waals surface area contributed by atoms with E-state index in [1.807, 2.05) is 37.4 Å². The number of hydrogen-bond donors (Lipinski definition) is 1. The van der Waals surface area contributed by atoms with Crippen LogP contribution in [0.4, 0.5) is 0 Å². The normalized spacial score (nSPS) is 10.6. The van der Waals surface area contributed by atoms with Gasteiger partial charge in [-0.15, -0.1) is 11.3 Å². The Morgan fingerprint density at radius 3 is 2.89 bits per heavy atom. The van der Waals surface area contributed by atoms with E-state index in [0.29, 0.717) is 12.2 Å². The summed E-state index contributed by atoms with van der Waals surface area (Å²) in [5.74, 6) is -0.00396. The summed E-state index contributed by atoms with van der Waals surface area (Å²) < 4.78 is 0. The van der Waals surface area contributed by atoms with Gasteiger partial charge in [-0.05, 0) is 31.5 Å². The Hall–Kier alpha value is -1.52. The average molecular weight is 260 g/mol. The Balaban J connectivity index is 2.32. The van der Waals surface area contributed by atoms with Gasteiger partial charge in [0.25, 0.3) is 0 Å². The lowest BCUT2D eigenvalue weighted by atomic mass is 9.99. The predicted molar refractivity (Wildman–Crippen MR) is 74.2 cm³/mol. The number of carbonyl (C=O) groups excluding carboxylic acids is 1. The van der Waals surface area contributed by atoms with Crippen LogP contribution in [0.25, 0.3) is 0 Å². The quantitative estimate of drug-likeness (QED) is 0.859. The van der Waals surface area contributed by atoms with E-state index >= 15 is 0 Å². The van der Waals surface area contributed by atoms with Crippen molar-refractivity contribution >= 4 is 17.1 Å². The molecule has 18 heavy (non-hydrogen) atoms. The maximum absolute atomic E-state index is 12.3. The molecule has 3 nitrogen and oxygen atoms in total. The highest BCUT2D eigenvalue weighted by molar-refractivity contribution is 7.09. The van der Waals surface area contributed by atoms with Gasteiger partial charge >= 0.3 is 0 Å². The molecule has 0 aliphatic heterocycles. The van der Waals surface area contributed by atoms with Crippen molar-refractivity contribution < 1.29 is 4.79 Å². The van der Waals surface area contributed by atoms with Gasteiger partial charge in [0.05, 0.1) is 5.01 Å². The maximum Gasteiger partial charge on any atom is 0.212 e. The first-order chi connectivity index (χ1) is 8.63. The van der Waals surface area contributed by atoms with Crippen molar-refractivity contribution in [1.29, 1.82) is 0 Å². The molecule has 1 aromatic carbocycles. The van der Waals surface area contributed by atoms with E-state index in [1.54, 1.807) is 0 Å². The predicted octanol–water partition coefficient (Wildman–Crippen LogP) is 2.49. The standard InChI is InChI=1S/C14H16N2OS/c1-9-4-3-5-11(10(9)2)14(17)12-8-18-13(16-12)6-7-15/h3-5,8H,6-7,15H2,1-2H3. The molecule has 0 amide bonds. The van der Waals surface area contributed by atoms with Gasteiger partial charge in [-0.1, -0.05) is 18.2 Å². The monoisotopic (exact) mass is 260 g/mol. The zero-order chi connectivity index (χ0) is 13.1. The summed E-state index contributed by atoms with van der Waals surface area (Å²) in [5.41, 5.74) is 8.89. The molecule has 0 atom stereocenters. The second-order valence-corrected chi connectivity index (χ2v) is 5.18. The molecule has 0 saturated heterocycles. The Bertz CT molecular complexity index is 575. The number of rotatable bonds is 4. The summed E-state index contributed by atoms with van der Waals surface area (Å²) in [7, 11) is 0. The molecular formula is C14H16N2OS. The fourth-order valence-corrected chi connectivity index (χ4v) is 2.58. The van der Waals surface area contributed by atoms with E-state index in [9.17, 15) is 4.79 Å². The molecule has 0 unspecified atom stereocenters. The van der Waals surface area contributed by atoms with Crippen molar-refractivity contribution in [3.63, 3.8) is 0 Å². The highest BCUT2D eigenvalue weighted by Crippen LogP contribution is 2.19. The first-order valence-electron chi connectivity index (χ1n) is 5.89. The third-order valence-corrected chi connectivity index (χ3v) is 3.90. The third-order valence-electron chi connectivity index (χ3n) is 2.99. The highest BCUT2D eigenvalue weighted by Gasteiger charge is 2.15. The number of aryl methyl sites for hydroxylation is 1. The van der Waals surface area contributed by atoms with E-state index < -0.39 is 0 Å². The topological polar surface area (TPSA) is 56.0 Å². The number of thiazole rings is 1. The molecule has 0 spiro atoms. The van der Waals surface area contributed by atoms with E-state index in [2.05, 4.69) is 4.98 Å². The molecule has 2 N–H and O–H groups in total. The van der Waals surface area contributed by atoms with Crippen molar-refractivity contribution in [2.24, 2.45) is 5.73 Å². The van der Waals surface area contributed by atoms with Gasteiger partial charge in [0.1, 0.15) is 5.69 Å². The smallest absolute Gasteiger partial charge is 0.212 e. The molecule has 2 aromatic rings. The summed E-state index contributed by atoms with van der Waals surface area (Å²) in [6, 6.07) is 5.77. The van der Waals surface area contributed by atoms with Crippen LogP contribution in [-0.2, 0) is 6.42 Å². The molecular weight excluding hydrogens is 244 g/mol. The molecule has 94 valence electrons. The minimum atomic E-state index is -0.00396. The van der Waals surface area contributed by atoms with Gasteiger partial charge in [-0.2, -0.15) is 0 Å². The van der Waals surface area contributed by atoms with Gasteiger partial charge in [0, 0.05) is 17.4 Å². The van der Waals surface area contributed by atoms with Crippen LogP contribution >= 0.6 is 11.3 Å². The van der Waals surface area contributed by atoms with Crippen molar-refractivity contribution in [2.75, 3.05) is 6.54 Å². The fourth-order valence-electron chi connectivity index (χ4n) is 1.79. The van der Waals surface area contributed by atoms with Crippen molar-refractivity contribution in [3.05, 3.63) is 51.0 Å². The Morgan fingerprint density at radius 2 is 2.17 bits per heavy atom. The number of nitrogens with two attached hydrogens (primary N) is 1.